The van der Waals surface area contributed by atoms with Crippen molar-refractivity contribution in [3.05, 3.63) is 82.4 Å². The number of aryl methyl sites for hydroxylation is 3. The fourth-order valence-corrected chi connectivity index (χ4v) is 4.42. The van der Waals surface area contributed by atoms with Crippen molar-refractivity contribution >= 4 is 11.6 Å². The summed E-state index contributed by atoms with van der Waals surface area (Å²) >= 11 is 0. The molecule has 1 N–H and O–H groups in total. The third-order valence-electron chi connectivity index (χ3n) is 6.47. The van der Waals surface area contributed by atoms with Crippen molar-refractivity contribution in [3.63, 3.8) is 0 Å². The van der Waals surface area contributed by atoms with E-state index in [9.17, 15) is 4.79 Å². The fourth-order valence-electron chi connectivity index (χ4n) is 4.42. The molecule has 3 aromatic rings. The van der Waals surface area contributed by atoms with Crippen molar-refractivity contribution in [2.45, 2.75) is 52.6 Å². The molecule has 1 aliphatic rings. The standard InChI is InChI=1S/C27H32N4O2/c1-18-12-13-21(15-19(18)2)17-31-14-8-7-10-24(31)26-28-16-22(20(3)29-26)27(32)30-23-9-5-6-11-25(23)33-4/h5-6,9,11-13,15-16,24H,7-8,10,14,17H2,1-4H3,(H,30,32)/t24-/m0/s1. The number of likely N-dealkylation sites (tertiary alicyclic amines) is 1. The largest absolute Gasteiger partial charge is 0.495 e. The van der Waals surface area contributed by atoms with Crippen molar-refractivity contribution in [2.24, 2.45) is 0 Å². The van der Waals surface area contributed by atoms with Crippen LogP contribution in [0.3, 0.4) is 0 Å². The second-order valence-electron chi connectivity index (χ2n) is 8.78. The van der Waals surface area contributed by atoms with E-state index in [1.807, 2.05) is 31.2 Å². The van der Waals surface area contributed by atoms with Crippen LogP contribution in [0.25, 0.3) is 0 Å². The second-order valence-corrected chi connectivity index (χ2v) is 8.78. The molecule has 2 aromatic carbocycles. The summed E-state index contributed by atoms with van der Waals surface area (Å²) in [4.78, 5) is 24.8. The maximum absolute atomic E-state index is 12.9. The molecule has 1 saturated heterocycles. The highest BCUT2D eigenvalue weighted by molar-refractivity contribution is 6.05. The Morgan fingerprint density at radius 1 is 1.12 bits per heavy atom. The van der Waals surface area contributed by atoms with Crippen molar-refractivity contribution in [2.75, 3.05) is 19.0 Å². The van der Waals surface area contributed by atoms with Crippen LogP contribution in [-0.2, 0) is 6.54 Å². The van der Waals surface area contributed by atoms with Crippen molar-refractivity contribution in [3.8, 4) is 5.75 Å². The van der Waals surface area contributed by atoms with Crippen LogP contribution >= 0.6 is 0 Å². The van der Waals surface area contributed by atoms with E-state index in [0.29, 0.717) is 22.7 Å². The van der Waals surface area contributed by atoms with Crippen LogP contribution in [0.15, 0.2) is 48.7 Å². The molecule has 1 amide bonds. The zero-order valence-electron chi connectivity index (χ0n) is 19.9. The summed E-state index contributed by atoms with van der Waals surface area (Å²) in [7, 11) is 1.59. The van der Waals surface area contributed by atoms with E-state index in [1.54, 1.807) is 13.3 Å². The van der Waals surface area contributed by atoms with E-state index >= 15 is 0 Å². The number of hydrogen-bond donors (Lipinski definition) is 1. The Morgan fingerprint density at radius 3 is 2.70 bits per heavy atom. The number of carbonyl (C=O) groups excluding carboxylic acids is 1. The third kappa shape index (κ3) is 5.22. The highest BCUT2D eigenvalue weighted by Crippen LogP contribution is 2.31. The van der Waals surface area contributed by atoms with Gasteiger partial charge in [-0.2, -0.15) is 0 Å². The molecule has 1 aromatic heterocycles. The van der Waals surface area contributed by atoms with Gasteiger partial charge in [0.25, 0.3) is 5.91 Å². The number of aromatic nitrogens is 2. The van der Waals surface area contributed by atoms with E-state index in [-0.39, 0.29) is 11.9 Å². The first-order chi connectivity index (χ1) is 16.0. The number of nitrogens with zero attached hydrogens (tertiary/aromatic N) is 3. The molecule has 1 fully saturated rings. The summed E-state index contributed by atoms with van der Waals surface area (Å²) in [6.07, 6.45) is 5.02. The van der Waals surface area contributed by atoms with Crippen molar-refractivity contribution in [1.29, 1.82) is 0 Å². The summed E-state index contributed by atoms with van der Waals surface area (Å²) in [5.74, 6) is 1.18. The Kier molecular flexibility index (Phi) is 7.04. The topological polar surface area (TPSA) is 67.3 Å². The van der Waals surface area contributed by atoms with Gasteiger partial charge in [0.1, 0.15) is 11.6 Å². The van der Waals surface area contributed by atoms with Gasteiger partial charge in [-0.1, -0.05) is 36.8 Å². The molecule has 1 atom stereocenters. The van der Waals surface area contributed by atoms with Crippen molar-refractivity contribution < 1.29 is 9.53 Å². The Balaban J connectivity index is 1.52. The van der Waals surface area contributed by atoms with Crippen LogP contribution in [0.5, 0.6) is 5.75 Å². The Morgan fingerprint density at radius 2 is 1.94 bits per heavy atom. The summed E-state index contributed by atoms with van der Waals surface area (Å²) < 4.78 is 5.33. The number of anilines is 1. The lowest BCUT2D eigenvalue weighted by atomic mass is 9.99. The smallest absolute Gasteiger partial charge is 0.259 e. The monoisotopic (exact) mass is 444 g/mol. The maximum Gasteiger partial charge on any atom is 0.259 e. The molecule has 1 aliphatic heterocycles. The average molecular weight is 445 g/mol. The lowest BCUT2D eigenvalue weighted by Crippen LogP contribution is -2.34. The molecular weight excluding hydrogens is 412 g/mol. The van der Waals surface area contributed by atoms with Gasteiger partial charge < -0.3 is 10.1 Å². The molecule has 6 nitrogen and oxygen atoms in total. The molecule has 172 valence electrons. The van der Waals surface area contributed by atoms with E-state index in [1.165, 1.54) is 23.1 Å². The van der Waals surface area contributed by atoms with Crippen LogP contribution in [-0.4, -0.2) is 34.4 Å². The summed E-state index contributed by atoms with van der Waals surface area (Å²) in [6.45, 7) is 8.08. The number of rotatable bonds is 6. The first-order valence-corrected chi connectivity index (χ1v) is 11.5. The number of para-hydroxylation sites is 2. The number of nitrogens with one attached hydrogen (secondary N) is 1. The maximum atomic E-state index is 12.9. The Hall–Kier alpha value is -3.25. The normalized spacial score (nSPS) is 16.4. The van der Waals surface area contributed by atoms with Crippen LogP contribution < -0.4 is 10.1 Å². The zero-order valence-corrected chi connectivity index (χ0v) is 19.9. The number of amides is 1. The van der Waals surface area contributed by atoms with Gasteiger partial charge in [-0.15, -0.1) is 0 Å². The van der Waals surface area contributed by atoms with Gasteiger partial charge >= 0.3 is 0 Å². The van der Waals surface area contributed by atoms with Gasteiger partial charge in [0.15, 0.2) is 0 Å². The summed E-state index contributed by atoms with van der Waals surface area (Å²) in [5, 5.41) is 2.91. The highest BCUT2D eigenvalue weighted by atomic mass is 16.5. The van der Waals surface area contributed by atoms with E-state index in [4.69, 9.17) is 9.72 Å². The molecule has 2 heterocycles. The van der Waals surface area contributed by atoms with E-state index in [2.05, 4.69) is 47.2 Å². The zero-order chi connectivity index (χ0) is 23.4. The number of methoxy groups -OCH3 is 1. The van der Waals surface area contributed by atoms with Gasteiger partial charge in [-0.05, 0) is 69.0 Å². The van der Waals surface area contributed by atoms with Crippen LogP contribution in [0.2, 0.25) is 0 Å². The number of benzene rings is 2. The molecule has 6 heteroatoms. The van der Waals surface area contributed by atoms with E-state index in [0.717, 1.165) is 31.8 Å². The predicted molar refractivity (Wildman–Crippen MR) is 131 cm³/mol. The highest BCUT2D eigenvalue weighted by Gasteiger charge is 2.27. The van der Waals surface area contributed by atoms with Crippen LogP contribution in [0, 0.1) is 20.8 Å². The molecule has 4 rings (SSSR count). The second kappa shape index (κ2) is 10.1. The first-order valence-electron chi connectivity index (χ1n) is 11.5. The molecule has 0 aliphatic carbocycles. The minimum atomic E-state index is -0.237. The minimum Gasteiger partial charge on any atom is -0.495 e. The fraction of sp³-hybridized carbons (Fsp3) is 0.370. The quantitative estimate of drug-likeness (QED) is 0.552. The van der Waals surface area contributed by atoms with E-state index < -0.39 is 0 Å². The first kappa shape index (κ1) is 22.9. The van der Waals surface area contributed by atoms with Gasteiger partial charge in [0, 0.05) is 12.7 Å². The third-order valence-corrected chi connectivity index (χ3v) is 6.47. The number of piperidine rings is 1. The van der Waals surface area contributed by atoms with Gasteiger partial charge in [0.05, 0.1) is 30.1 Å². The minimum absolute atomic E-state index is 0.158. The predicted octanol–water partition coefficient (Wildman–Crippen LogP) is 5.39. The summed E-state index contributed by atoms with van der Waals surface area (Å²) in [6, 6.07) is 14.2. The summed E-state index contributed by atoms with van der Waals surface area (Å²) in [5.41, 5.74) is 5.73. The van der Waals surface area contributed by atoms with Crippen LogP contribution in [0.1, 0.15) is 63.9 Å². The van der Waals surface area contributed by atoms with Crippen LogP contribution in [0.4, 0.5) is 5.69 Å². The SMILES string of the molecule is COc1ccccc1NC(=O)c1cnc([C@@H]2CCCCN2Cc2ccc(C)c(C)c2)nc1C. The lowest BCUT2D eigenvalue weighted by molar-refractivity contribution is 0.102. The molecule has 0 unspecified atom stereocenters. The molecule has 0 spiro atoms. The van der Waals surface area contributed by atoms with Gasteiger partial charge in [-0.3, -0.25) is 9.69 Å². The number of hydrogen-bond acceptors (Lipinski definition) is 5. The van der Waals surface area contributed by atoms with Gasteiger partial charge in [0.2, 0.25) is 0 Å². The molecule has 33 heavy (non-hydrogen) atoms. The molecule has 0 bridgehead atoms. The Bertz CT molecular complexity index is 1140. The Labute approximate surface area is 196 Å². The molecule has 0 saturated carbocycles. The molecular formula is C27H32N4O2. The van der Waals surface area contributed by atoms with Crippen molar-refractivity contribution in [1.82, 2.24) is 14.9 Å². The lowest BCUT2D eigenvalue weighted by Gasteiger charge is -2.35. The number of carbonyl (C=O) groups is 1. The molecule has 0 radical (unpaired) electrons. The van der Waals surface area contributed by atoms with Gasteiger partial charge in [-0.25, -0.2) is 9.97 Å². The number of ether oxygens (including phenoxy) is 1. The average Bonchev–Trinajstić information content (AvgIpc) is 2.82.